The Morgan fingerprint density at radius 2 is 1.52 bits per heavy atom. The molecule has 0 aromatic rings. The zero-order valence-corrected chi connectivity index (χ0v) is 25.2. The molecule has 1 saturated carbocycles. The number of alkyl halides is 1. The third-order valence-electron chi connectivity index (χ3n) is 8.76. The summed E-state index contributed by atoms with van der Waals surface area (Å²) in [4.78, 5) is 48.9. The first-order chi connectivity index (χ1) is 18.4. The van der Waals surface area contributed by atoms with Gasteiger partial charge in [0.25, 0.3) is 0 Å². The zero-order chi connectivity index (χ0) is 30.4. The van der Waals surface area contributed by atoms with Crippen LogP contribution in [0.5, 0.6) is 0 Å². The minimum absolute atomic E-state index is 0.0756. The molecule has 2 saturated heterocycles. The van der Waals surface area contributed by atoms with Gasteiger partial charge in [0.1, 0.15) is 35.1 Å². The lowest BCUT2D eigenvalue weighted by Crippen LogP contribution is -2.70. The van der Waals surface area contributed by atoms with E-state index in [0.717, 1.165) is 0 Å². The first kappa shape index (κ1) is 32.6. The lowest BCUT2D eigenvalue weighted by Gasteiger charge is -2.55. The van der Waals surface area contributed by atoms with Crippen LogP contribution in [0, 0.1) is 23.7 Å². The Balaban J connectivity index is 2.30. The highest BCUT2D eigenvalue weighted by Crippen LogP contribution is 2.59. The summed E-state index contributed by atoms with van der Waals surface area (Å²) in [7, 11) is 0. The molecule has 0 unspecified atom stereocenters. The van der Waals surface area contributed by atoms with Gasteiger partial charge in [-0.2, -0.15) is 0 Å². The maximum absolute atomic E-state index is 12.4. The van der Waals surface area contributed by atoms with Crippen molar-refractivity contribution < 1.29 is 53.1 Å². The summed E-state index contributed by atoms with van der Waals surface area (Å²) in [5.41, 5.74) is -4.87. The van der Waals surface area contributed by atoms with Crippen molar-refractivity contribution in [3.8, 4) is 0 Å². The van der Waals surface area contributed by atoms with Gasteiger partial charge in [0.15, 0.2) is 6.10 Å². The fraction of sp³-hybridized carbons (Fsp3) is 0.857. The van der Waals surface area contributed by atoms with E-state index in [1.54, 1.807) is 6.92 Å². The molecule has 0 amide bonds. The SMILES string of the molecule is CC(=O)O[C@H]1[C@H](C(C)C)[C@@H]2[C@@H]([C@H]3C[C@](C)(O)[C@@H](OC(C)=O)CC[C@@](C)(OC(C)=O)[C@@H]2O3)[C@](O)(CCl)[C@H]1OC(C)=O. The first-order valence-electron chi connectivity index (χ1n) is 13.7. The summed E-state index contributed by atoms with van der Waals surface area (Å²) in [6, 6.07) is 0. The zero-order valence-electron chi connectivity index (χ0n) is 24.5. The van der Waals surface area contributed by atoms with Crippen LogP contribution in [0.25, 0.3) is 0 Å². The second-order valence-electron chi connectivity index (χ2n) is 12.4. The quantitative estimate of drug-likeness (QED) is 0.266. The Hall–Kier alpha value is -1.95. The number of halogens is 1. The van der Waals surface area contributed by atoms with Crippen LogP contribution in [-0.2, 0) is 42.9 Å². The molecular formula is C28H43ClO11. The molecule has 0 spiro atoms. The van der Waals surface area contributed by atoms with E-state index >= 15 is 0 Å². The third-order valence-corrected chi connectivity index (χ3v) is 9.18. The van der Waals surface area contributed by atoms with Crippen LogP contribution < -0.4 is 0 Å². The Morgan fingerprint density at radius 1 is 0.950 bits per heavy atom. The van der Waals surface area contributed by atoms with Gasteiger partial charge in [-0.15, -0.1) is 11.6 Å². The molecule has 3 fully saturated rings. The molecule has 2 heterocycles. The monoisotopic (exact) mass is 590 g/mol. The maximum Gasteiger partial charge on any atom is 0.303 e. The van der Waals surface area contributed by atoms with Crippen LogP contribution in [0.1, 0.15) is 74.7 Å². The van der Waals surface area contributed by atoms with Gasteiger partial charge in [-0.25, -0.2) is 0 Å². The van der Waals surface area contributed by atoms with Gasteiger partial charge in [-0.1, -0.05) is 13.8 Å². The molecule has 11 atom stereocenters. The number of carbonyl (C=O) groups is 4. The summed E-state index contributed by atoms with van der Waals surface area (Å²) in [6.07, 6.45) is -4.89. The van der Waals surface area contributed by atoms with Crippen molar-refractivity contribution in [3.05, 3.63) is 0 Å². The van der Waals surface area contributed by atoms with E-state index < -0.39 is 94.8 Å². The van der Waals surface area contributed by atoms with Gasteiger partial charge in [-0.3, -0.25) is 19.2 Å². The van der Waals surface area contributed by atoms with E-state index in [2.05, 4.69) is 0 Å². The standard InChI is InChI=1S/C28H43ClO11/c1-13(2)20-21-22(28(35,12-29)25(38-16(5)32)23(20)37-15(4)31)18-11-26(7,34)19(36-14(3)30)9-10-27(8,24(21)39-18)40-17(6)33/h13,18-25,34-35H,9-12H2,1-8H3/t18-,19+,20-,21-,22-,23+,24-,25+,26+,27-,28-/m1/s1. The topological polar surface area (TPSA) is 155 Å². The normalized spacial score (nSPS) is 43.0. The van der Waals surface area contributed by atoms with E-state index in [0.29, 0.717) is 0 Å². The van der Waals surface area contributed by atoms with E-state index in [9.17, 15) is 29.4 Å². The van der Waals surface area contributed by atoms with Crippen LogP contribution in [-0.4, -0.2) is 87.3 Å². The molecule has 40 heavy (non-hydrogen) atoms. The van der Waals surface area contributed by atoms with Crippen LogP contribution in [0.3, 0.4) is 0 Å². The van der Waals surface area contributed by atoms with Crippen molar-refractivity contribution >= 4 is 35.5 Å². The lowest BCUT2D eigenvalue weighted by atomic mass is 9.55. The van der Waals surface area contributed by atoms with Crippen molar-refractivity contribution in [2.24, 2.45) is 23.7 Å². The number of esters is 4. The molecular weight excluding hydrogens is 548 g/mol. The predicted molar refractivity (Wildman–Crippen MR) is 141 cm³/mol. The Labute approximate surface area is 240 Å². The van der Waals surface area contributed by atoms with Crippen molar-refractivity contribution in [2.45, 2.75) is 122 Å². The van der Waals surface area contributed by atoms with E-state index in [1.807, 2.05) is 13.8 Å². The number of carbonyl (C=O) groups excluding carboxylic acids is 4. The molecule has 2 bridgehead atoms. The van der Waals surface area contributed by atoms with E-state index in [1.165, 1.54) is 34.6 Å². The van der Waals surface area contributed by atoms with E-state index in [4.69, 9.17) is 35.3 Å². The highest BCUT2D eigenvalue weighted by atomic mass is 35.5. The van der Waals surface area contributed by atoms with E-state index in [-0.39, 0.29) is 25.2 Å². The van der Waals surface area contributed by atoms with Crippen LogP contribution >= 0.6 is 11.6 Å². The Morgan fingerprint density at radius 3 is 2.00 bits per heavy atom. The van der Waals surface area contributed by atoms with Gasteiger partial charge in [0.05, 0.1) is 12.0 Å². The number of hydrogen-bond acceptors (Lipinski definition) is 11. The second-order valence-corrected chi connectivity index (χ2v) is 12.6. The van der Waals surface area contributed by atoms with Gasteiger partial charge in [-0.05, 0) is 32.6 Å². The molecule has 0 aromatic heterocycles. The van der Waals surface area contributed by atoms with Crippen molar-refractivity contribution in [1.82, 2.24) is 0 Å². The smallest absolute Gasteiger partial charge is 0.303 e. The fourth-order valence-corrected chi connectivity index (χ4v) is 7.75. The average molecular weight is 591 g/mol. The summed E-state index contributed by atoms with van der Waals surface area (Å²) >= 11 is 6.47. The Kier molecular flexibility index (Phi) is 9.55. The lowest BCUT2D eigenvalue weighted by molar-refractivity contribution is -0.241. The summed E-state index contributed by atoms with van der Waals surface area (Å²) in [6.45, 7) is 12.0. The maximum atomic E-state index is 12.4. The highest BCUT2D eigenvalue weighted by Gasteiger charge is 2.71. The third kappa shape index (κ3) is 6.12. The summed E-state index contributed by atoms with van der Waals surface area (Å²) in [5.74, 6) is -5.07. The minimum atomic E-state index is -1.97. The predicted octanol–water partition coefficient (Wildman–Crippen LogP) is 2.29. The number of hydrogen-bond donors (Lipinski definition) is 2. The molecule has 0 radical (unpaired) electrons. The van der Waals surface area contributed by atoms with Crippen molar-refractivity contribution in [2.75, 3.05) is 5.88 Å². The molecule has 11 nitrogen and oxygen atoms in total. The van der Waals surface area contributed by atoms with Crippen LogP contribution in [0.15, 0.2) is 0 Å². The average Bonchev–Trinajstić information content (AvgIpc) is 3.17. The van der Waals surface area contributed by atoms with Gasteiger partial charge in [0.2, 0.25) is 0 Å². The van der Waals surface area contributed by atoms with Crippen LogP contribution in [0.2, 0.25) is 0 Å². The molecule has 0 aromatic carbocycles. The molecule has 2 aliphatic heterocycles. The molecule has 2 N–H and O–H groups in total. The number of aliphatic hydroxyl groups is 2. The van der Waals surface area contributed by atoms with Gasteiger partial charge < -0.3 is 33.9 Å². The summed E-state index contributed by atoms with van der Waals surface area (Å²) in [5, 5.41) is 24.0. The minimum Gasteiger partial charge on any atom is -0.460 e. The molecule has 3 aliphatic rings. The van der Waals surface area contributed by atoms with Gasteiger partial charge in [0, 0.05) is 51.9 Å². The first-order valence-corrected chi connectivity index (χ1v) is 14.3. The van der Waals surface area contributed by atoms with Crippen molar-refractivity contribution in [3.63, 3.8) is 0 Å². The van der Waals surface area contributed by atoms with Gasteiger partial charge >= 0.3 is 23.9 Å². The molecule has 1 aliphatic carbocycles. The molecule has 3 rings (SSSR count). The Bertz CT molecular complexity index is 999. The largest absolute Gasteiger partial charge is 0.460 e. The number of fused-ring (bicyclic) bond motifs is 5. The molecule has 12 heteroatoms. The summed E-state index contributed by atoms with van der Waals surface area (Å²) < 4.78 is 29.5. The van der Waals surface area contributed by atoms with Crippen molar-refractivity contribution in [1.29, 1.82) is 0 Å². The second kappa shape index (κ2) is 11.7. The number of rotatable bonds is 6. The van der Waals surface area contributed by atoms with Crippen LogP contribution in [0.4, 0.5) is 0 Å². The molecule has 228 valence electrons. The fourth-order valence-electron chi connectivity index (χ4n) is 7.42. The highest BCUT2D eigenvalue weighted by molar-refractivity contribution is 6.18. The number of ether oxygens (including phenoxy) is 5.